The molecule has 10 nitrogen and oxygen atoms in total. The van der Waals surface area contributed by atoms with Crippen LogP contribution in [0.25, 0.3) is 0 Å². The van der Waals surface area contributed by atoms with E-state index in [0.717, 1.165) is 27.5 Å². The first kappa shape index (κ1) is 26.8. The Morgan fingerprint density at radius 2 is 1.86 bits per heavy atom. The summed E-state index contributed by atoms with van der Waals surface area (Å²) in [5, 5.41) is 2.80. The fourth-order valence-corrected chi connectivity index (χ4v) is 4.22. The smallest absolute Gasteiger partial charge is 0.330 e. The molecule has 11 heteroatoms. The Hall–Kier alpha value is -3.83. The normalized spacial score (nSPS) is 10.7. The Morgan fingerprint density at radius 3 is 2.56 bits per heavy atom. The number of rotatable bonds is 11. The standard InChI is InChI=1S/C25H29N5O5S/c1-17-7-6-10-19(13-17)27-20(31)15-36-16-21(32)30(14-18-8-4-3-5-9-18)22-23(26)29(11-12-35-2)25(34)28-24(22)33/h3-10,13H,11-12,14-16,26H2,1-2H3,(H,27,31)(H,28,33,34). The molecule has 0 unspecified atom stereocenters. The molecule has 0 aliphatic carbocycles. The molecule has 2 amide bonds. The van der Waals surface area contributed by atoms with E-state index in [4.69, 9.17) is 10.5 Å². The van der Waals surface area contributed by atoms with E-state index in [1.807, 2.05) is 55.5 Å². The molecule has 3 aromatic rings. The SMILES string of the molecule is COCCn1c(N)c(N(Cc2ccccc2)C(=O)CSCC(=O)Nc2cccc(C)c2)c(=O)[nH]c1=O. The molecular weight excluding hydrogens is 482 g/mol. The van der Waals surface area contributed by atoms with E-state index >= 15 is 0 Å². The Bertz CT molecular complexity index is 1320. The van der Waals surface area contributed by atoms with Gasteiger partial charge in [-0.25, -0.2) is 4.79 Å². The number of nitrogens with two attached hydrogens (primary N) is 1. The summed E-state index contributed by atoms with van der Waals surface area (Å²) in [6.07, 6.45) is 0. The minimum absolute atomic E-state index is 0.0397. The maximum atomic E-state index is 13.3. The number of methoxy groups -OCH3 is 1. The van der Waals surface area contributed by atoms with E-state index < -0.39 is 17.2 Å². The molecule has 1 heterocycles. The van der Waals surface area contributed by atoms with Crippen molar-refractivity contribution in [2.24, 2.45) is 0 Å². The van der Waals surface area contributed by atoms with Crippen LogP contribution in [-0.2, 0) is 27.4 Å². The lowest BCUT2D eigenvalue weighted by Gasteiger charge is -2.24. The van der Waals surface area contributed by atoms with Crippen molar-refractivity contribution in [2.75, 3.05) is 41.2 Å². The Kier molecular flexibility index (Phi) is 9.48. The van der Waals surface area contributed by atoms with Gasteiger partial charge in [0.25, 0.3) is 5.56 Å². The fraction of sp³-hybridized carbons (Fsp3) is 0.280. The lowest BCUT2D eigenvalue weighted by molar-refractivity contribution is -0.116. The summed E-state index contributed by atoms with van der Waals surface area (Å²) in [7, 11) is 1.48. The number of nitrogens with one attached hydrogen (secondary N) is 2. The average Bonchev–Trinajstić information content (AvgIpc) is 2.83. The van der Waals surface area contributed by atoms with Crippen molar-refractivity contribution in [1.82, 2.24) is 9.55 Å². The largest absolute Gasteiger partial charge is 0.383 e. The highest BCUT2D eigenvalue weighted by Crippen LogP contribution is 2.21. The number of anilines is 3. The quantitative estimate of drug-likeness (QED) is 0.358. The first-order chi connectivity index (χ1) is 17.3. The van der Waals surface area contributed by atoms with Crippen LogP contribution in [0.3, 0.4) is 0 Å². The maximum absolute atomic E-state index is 13.3. The molecule has 3 rings (SSSR count). The Balaban J connectivity index is 1.80. The zero-order valence-corrected chi connectivity index (χ0v) is 21.0. The van der Waals surface area contributed by atoms with Crippen LogP contribution in [0.15, 0.2) is 64.2 Å². The number of thioether (sulfide) groups is 1. The highest BCUT2D eigenvalue weighted by molar-refractivity contribution is 8.00. The summed E-state index contributed by atoms with van der Waals surface area (Å²) >= 11 is 1.11. The second-order valence-electron chi connectivity index (χ2n) is 8.01. The molecule has 0 fully saturated rings. The van der Waals surface area contributed by atoms with Gasteiger partial charge in [0, 0.05) is 12.8 Å². The van der Waals surface area contributed by atoms with Crippen molar-refractivity contribution in [2.45, 2.75) is 20.0 Å². The molecule has 0 saturated carbocycles. The summed E-state index contributed by atoms with van der Waals surface area (Å²) in [4.78, 5) is 54.2. The molecule has 0 atom stereocenters. The molecule has 190 valence electrons. The van der Waals surface area contributed by atoms with Crippen molar-refractivity contribution in [1.29, 1.82) is 0 Å². The van der Waals surface area contributed by atoms with Crippen molar-refractivity contribution < 1.29 is 14.3 Å². The maximum Gasteiger partial charge on any atom is 0.330 e. The van der Waals surface area contributed by atoms with Crippen LogP contribution in [-0.4, -0.2) is 46.6 Å². The van der Waals surface area contributed by atoms with Gasteiger partial charge in [0.15, 0.2) is 5.69 Å². The number of carbonyl (C=O) groups is 2. The van der Waals surface area contributed by atoms with Crippen LogP contribution < -0.4 is 27.2 Å². The topological polar surface area (TPSA) is 140 Å². The van der Waals surface area contributed by atoms with E-state index in [1.54, 1.807) is 6.07 Å². The zero-order chi connectivity index (χ0) is 26.1. The van der Waals surface area contributed by atoms with Crippen LogP contribution in [0.5, 0.6) is 0 Å². The molecule has 0 spiro atoms. The van der Waals surface area contributed by atoms with E-state index in [0.29, 0.717) is 5.69 Å². The summed E-state index contributed by atoms with van der Waals surface area (Å²) in [5.41, 5.74) is 7.10. The second-order valence-corrected chi connectivity index (χ2v) is 9.00. The first-order valence-corrected chi connectivity index (χ1v) is 12.4. The lowest BCUT2D eigenvalue weighted by Crippen LogP contribution is -2.42. The van der Waals surface area contributed by atoms with Gasteiger partial charge in [0.2, 0.25) is 11.8 Å². The van der Waals surface area contributed by atoms with Crippen LogP contribution in [0.2, 0.25) is 0 Å². The Labute approximate surface area is 212 Å². The number of carbonyl (C=O) groups excluding carboxylic acids is 2. The highest BCUT2D eigenvalue weighted by atomic mass is 32.2. The van der Waals surface area contributed by atoms with Gasteiger partial charge in [-0.1, -0.05) is 42.5 Å². The summed E-state index contributed by atoms with van der Waals surface area (Å²) in [6, 6.07) is 16.5. The van der Waals surface area contributed by atoms with E-state index in [9.17, 15) is 19.2 Å². The third-order valence-electron chi connectivity index (χ3n) is 5.25. The number of aromatic amines is 1. The van der Waals surface area contributed by atoms with Crippen LogP contribution in [0.1, 0.15) is 11.1 Å². The summed E-state index contributed by atoms with van der Waals surface area (Å²) in [5.74, 6) is -0.852. The van der Waals surface area contributed by atoms with E-state index in [-0.39, 0.29) is 48.6 Å². The number of aryl methyl sites for hydroxylation is 1. The number of ether oxygens (including phenoxy) is 1. The van der Waals surface area contributed by atoms with Gasteiger partial charge in [-0.2, -0.15) is 0 Å². The van der Waals surface area contributed by atoms with E-state index in [1.165, 1.54) is 12.0 Å². The van der Waals surface area contributed by atoms with Crippen molar-refractivity contribution in [3.8, 4) is 0 Å². The molecule has 4 N–H and O–H groups in total. The van der Waals surface area contributed by atoms with Gasteiger partial charge in [-0.3, -0.25) is 28.8 Å². The van der Waals surface area contributed by atoms with Gasteiger partial charge >= 0.3 is 5.69 Å². The molecule has 2 aromatic carbocycles. The molecule has 1 aromatic heterocycles. The second kappa shape index (κ2) is 12.8. The fourth-order valence-electron chi connectivity index (χ4n) is 3.53. The summed E-state index contributed by atoms with van der Waals surface area (Å²) in [6.45, 7) is 2.28. The number of hydrogen-bond acceptors (Lipinski definition) is 7. The molecule has 0 bridgehead atoms. The molecule has 0 radical (unpaired) electrons. The third kappa shape index (κ3) is 7.09. The van der Waals surface area contributed by atoms with Gasteiger partial charge in [0.05, 0.1) is 31.2 Å². The number of hydrogen-bond donors (Lipinski definition) is 3. The predicted octanol–water partition coefficient (Wildman–Crippen LogP) is 1.98. The Morgan fingerprint density at radius 1 is 1.11 bits per heavy atom. The molecule has 0 aliphatic rings. The van der Waals surface area contributed by atoms with Crippen molar-refractivity contribution >= 4 is 40.8 Å². The van der Waals surface area contributed by atoms with Gasteiger partial charge in [-0.05, 0) is 30.2 Å². The number of amides is 2. The number of aromatic nitrogens is 2. The molecule has 0 aliphatic heterocycles. The number of nitrogen functional groups attached to an aromatic ring is 1. The van der Waals surface area contributed by atoms with Crippen LogP contribution >= 0.6 is 11.8 Å². The van der Waals surface area contributed by atoms with Crippen molar-refractivity contribution in [3.05, 3.63) is 86.6 Å². The minimum atomic E-state index is -0.766. The molecule has 36 heavy (non-hydrogen) atoms. The average molecular weight is 512 g/mol. The summed E-state index contributed by atoms with van der Waals surface area (Å²) < 4.78 is 6.19. The highest BCUT2D eigenvalue weighted by Gasteiger charge is 2.24. The number of nitrogens with zero attached hydrogens (tertiary/aromatic N) is 2. The van der Waals surface area contributed by atoms with Gasteiger partial charge < -0.3 is 15.8 Å². The minimum Gasteiger partial charge on any atom is -0.383 e. The van der Waals surface area contributed by atoms with E-state index in [2.05, 4.69) is 10.3 Å². The van der Waals surface area contributed by atoms with Crippen LogP contribution in [0.4, 0.5) is 17.2 Å². The molecular formula is C25H29N5O5S. The van der Waals surface area contributed by atoms with Crippen LogP contribution in [0, 0.1) is 6.92 Å². The third-order valence-corrected chi connectivity index (χ3v) is 6.17. The molecule has 0 saturated heterocycles. The van der Waals surface area contributed by atoms with Crippen molar-refractivity contribution in [3.63, 3.8) is 0 Å². The monoisotopic (exact) mass is 511 g/mol. The number of H-pyrrole nitrogens is 1. The first-order valence-electron chi connectivity index (χ1n) is 11.2. The zero-order valence-electron chi connectivity index (χ0n) is 20.2. The van der Waals surface area contributed by atoms with Gasteiger partial charge in [0.1, 0.15) is 5.82 Å². The number of benzene rings is 2. The van der Waals surface area contributed by atoms with Gasteiger partial charge in [-0.15, -0.1) is 11.8 Å². The predicted molar refractivity (Wildman–Crippen MR) is 142 cm³/mol. The lowest BCUT2D eigenvalue weighted by atomic mass is 10.2.